The van der Waals surface area contributed by atoms with Crippen LogP contribution in [0.25, 0.3) is 0 Å². The van der Waals surface area contributed by atoms with Gasteiger partial charge in [-0.05, 0) is 112 Å². The molecular formula is C47H57N5O10S. The quantitative estimate of drug-likeness (QED) is 0.110. The number of sulfone groups is 1. The van der Waals surface area contributed by atoms with Crippen LogP contribution in [0.1, 0.15) is 137 Å². The van der Waals surface area contributed by atoms with Gasteiger partial charge in [0, 0.05) is 31.2 Å². The van der Waals surface area contributed by atoms with E-state index < -0.39 is 45.4 Å². The van der Waals surface area contributed by atoms with Crippen molar-refractivity contribution in [3.05, 3.63) is 88.0 Å². The van der Waals surface area contributed by atoms with Gasteiger partial charge in [-0.15, -0.1) is 0 Å². The Kier molecular flexibility index (Phi) is 14.3. The summed E-state index contributed by atoms with van der Waals surface area (Å²) in [5, 5.41) is 5.20. The van der Waals surface area contributed by atoms with E-state index in [9.17, 15) is 37.2 Å². The van der Waals surface area contributed by atoms with E-state index in [4.69, 9.17) is 9.47 Å². The Bertz CT molecular complexity index is 2380. The van der Waals surface area contributed by atoms with Gasteiger partial charge < -0.3 is 24.6 Å². The highest BCUT2D eigenvalue weighted by Crippen LogP contribution is 2.39. The molecule has 2 unspecified atom stereocenters. The zero-order chi connectivity index (χ0) is 44.8. The molecule has 0 aromatic heterocycles. The molecule has 0 bridgehead atoms. The smallest absolute Gasteiger partial charge is 0.264 e. The van der Waals surface area contributed by atoms with Crippen molar-refractivity contribution >= 4 is 51.0 Å². The fourth-order valence-electron chi connectivity index (χ4n) is 9.35. The van der Waals surface area contributed by atoms with Crippen LogP contribution in [0.3, 0.4) is 0 Å². The van der Waals surface area contributed by atoms with Crippen molar-refractivity contribution in [2.75, 3.05) is 50.7 Å². The fourth-order valence-corrected chi connectivity index (χ4v) is 10.3. The molecule has 4 aliphatic rings. The molecule has 2 saturated heterocycles. The molecule has 4 heterocycles. The minimum Gasteiger partial charge on any atom is -0.493 e. The van der Waals surface area contributed by atoms with Crippen molar-refractivity contribution in [1.82, 2.24) is 20.0 Å². The second-order valence-corrected chi connectivity index (χ2v) is 19.2. The first kappa shape index (κ1) is 45.4. The van der Waals surface area contributed by atoms with Crippen molar-refractivity contribution in [3.63, 3.8) is 0 Å². The second kappa shape index (κ2) is 19.8. The van der Waals surface area contributed by atoms with Crippen LogP contribution in [-0.4, -0.2) is 110 Å². The van der Waals surface area contributed by atoms with Crippen LogP contribution < -0.4 is 20.1 Å². The van der Waals surface area contributed by atoms with Gasteiger partial charge in [0.05, 0.1) is 42.3 Å². The molecule has 0 saturated carbocycles. The summed E-state index contributed by atoms with van der Waals surface area (Å²) < 4.78 is 36.3. The Hall–Kier alpha value is -5.61. The highest BCUT2D eigenvalue weighted by molar-refractivity contribution is 7.90. The third kappa shape index (κ3) is 10.4. The summed E-state index contributed by atoms with van der Waals surface area (Å²) in [6, 6.07) is 13.8. The molecule has 3 aromatic carbocycles. The van der Waals surface area contributed by atoms with Gasteiger partial charge >= 0.3 is 0 Å². The standard InChI is InChI=1S/C47H57N5O10S/c1-4-62-40-27-32(16-19-39(40)61-2)38(29-63(3,59)60)52-46(57)35-12-11-13-36(43(35)47(52)58)48-41(53)14-9-7-5-6-8-10-23-50-24-21-30(22-25-50)31-15-17-34-33(26-31)28-51(45(34)56)37-18-20-42(54)49-44(37)55/h11-13,15-17,19,26-27,30,37-38H,4-10,14,18,20-25,28-29H2,1-3H3,(H,48,53)(H,49,54,55). The van der Waals surface area contributed by atoms with Gasteiger partial charge in [0.15, 0.2) is 11.5 Å². The van der Waals surface area contributed by atoms with E-state index in [0.29, 0.717) is 54.5 Å². The SMILES string of the molecule is CCOc1cc(C(CS(C)(=O)=O)N2C(=O)c3cccc(NC(=O)CCCCCCCCN4CCC(c5ccc6c(c5)CN(C5CCC(=O)NC5=O)C6=O)CC4)c3C2=O)ccc1OC. The molecule has 336 valence electrons. The van der Waals surface area contributed by atoms with E-state index in [1.807, 2.05) is 6.07 Å². The number of carbonyl (C=O) groups excluding carboxylic acids is 6. The summed E-state index contributed by atoms with van der Waals surface area (Å²) >= 11 is 0. The molecule has 15 nitrogen and oxygen atoms in total. The van der Waals surface area contributed by atoms with Crippen LogP contribution in [0.5, 0.6) is 11.5 Å². The van der Waals surface area contributed by atoms with Crippen molar-refractivity contribution in [2.45, 2.75) is 102 Å². The number of likely N-dealkylation sites (tertiary alicyclic amines) is 1. The van der Waals surface area contributed by atoms with Gasteiger partial charge in [0.1, 0.15) is 15.9 Å². The Labute approximate surface area is 368 Å². The molecule has 3 aromatic rings. The number of imide groups is 2. The zero-order valence-electron chi connectivity index (χ0n) is 36.3. The van der Waals surface area contributed by atoms with Crippen LogP contribution in [0.2, 0.25) is 0 Å². The summed E-state index contributed by atoms with van der Waals surface area (Å²) in [6.07, 6.45) is 9.81. The number of amides is 6. The highest BCUT2D eigenvalue weighted by Gasteiger charge is 2.44. The number of ether oxygens (including phenoxy) is 2. The summed E-state index contributed by atoms with van der Waals surface area (Å²) in [4.78, 5) is 83.1. The lowest BCUT2D eigenvalue weighted by Gasteiger charge is -2.32. The van der Waals surface area contributed by atoms with E-state index in [1.165, 1.54) is 18.7 Å². The molecule has 2 atom stereocenters. The van der Waals surface area contributed by atoms with Crippen LogP contribution in [0.15, 0.2) is 54.6 Å². The predicted octanol–water partition coefficient (Wildman–Crippen LogP) is 5.79. The zero-order valence-corrected chi connectivity index (χ0v) is 37.1. The van der Waals surface area contributed by atoms with Crippen LogP contribution in [0.4, 0.5) is 5.69 Å². The first-order valence-electron chi connectivity index (χ1n) is 22.0. The minimum absolute atomic E-state index is 0.0399. The van der Waals surface area contributed by atoms with Crippen molar-refractivity contribution in [3.8, 4) is 11.5 Å². The predicted molar refractivity (Wildman–Crippen MR) is 235 cm³/mol. The number of fused-ring (bicyclic) bond motifs is 2. The number of methoxy groups -OCH3 is 1. The molecule has 0 spiro atoms. The number of benzene rings is 3. The molecule has 2 fully saturated rings. The minimum atomic E-state index is -3.67. The average molecular weight is 884 g/mol. The molecule has 0 aliphatic carbocycles. The van der Waals surface area contributed by atoms with Crippen molar-refractivity contribution in [1.29, 1.82) is 0 Å². The lowest BCUT2D eigenvalue weighted by Crippen LogP contribution is -2.52. The lowest BCUT2D eigenvalue weighted by atomic mass is 9.88. The number of rotatable bonds is 19. The lowest BCUT2D eigenvalue weighted by molar-refractivity contribution is -0.137. The van der Waals surface area contributed by atoms with E-state index in [0.717, 1.165) is 81.3 Å². The second-order valence-electron chi connectivity index (χ2n) is 17.0. The van der Waals surface area contributed by atoms with Crippen molar-refractivity contribution < 1.29 is 46.7 Å². The molecule has 7 rings (SSSR count). The monoisotopic (exact) mass is 883 g/mol. The number of unbranched alkanes of at least 4 members (excludes halogenated alkanes) is 5. The first-order chi connectivity index (χ1) is 30.3. The van der Waals surface area contributed by atoms with Crippen LogP contribution >= 0.6 is 0 Å². The summed E-state index contributed by atoms with van der Waals surface area (Å²) in [7, 11) is -2.19. The largest absolute Gasteiger partial charge is 0.493 e. The molecule has 16 heteroatoms. The average Bonchev–Trinajstić information content (AvgIpc) is 3.72. The summed E-state index contributed by atoms with van der Waals surface area (Å²) in [6.45, 7) is 5.57. The van der Waals surface area contributed by atoms with Crippen molar-refractivity contribution in [2.24, 2.45) is 0 Å². The Morgan fingerprint density at radius 1 is 0.857 bits per heavy atom. The van der Waals surface area contributed by atoms with Crippen LogP contribution in [0, 0.1) is 0 Å². The number of carbonyl (C=O) groups is 6. The van der Waals surface area contributed by atoms with Gasteiger partial charge in [-0.25, -0.2) is 8.42 Å². The maximum atomic E-state index is 14.0. The topological polar surface area (TPSA) is 189 Å². The molecule has 4 aliphatic heterocycles. The number of hydrogen-bond acceptors (Lipinski definition) is 11. The molecular weight excluding hydrogens is 827 g/mol. The van der Waals surface area contributed by atoms with E-state index in [-0.39, 0.29) is 47.4 Å². The van der Waals surface area contributed by atoms with Gasteiger partial charge in [0.2, 0.25) is 17.7 Å². The van der Waals surface area contributed by atoms with E-state index in [1.54, 1.807) is 42.2 Å². The maximum absolute atomic E-state index is 14.0. The normalized spacial score (nSPS) is 18.7. The van der Waals surface area contributed by atoms with Gasteiger partial charge in [0.25, 0.3) is 17.7 Å². The molecule has 2 N–H and O–H groups in total. The number of piperidine rings is 2. The van der Waals surface area contributed by atoms with E-state index in [2.05, 4.69) is 27.7 Å². The molecule has 6 amide bonds. The Morgan fingerprint density at radius 3 is 2.32 bits per heavy atom. The molecule has 0 radical (unpaired) electrons. The first-order valence-corrected chi connectivity index (χ1v) is 24.1. The number of anilines is 1. The third-order valence-corrected chi connectivity index (χ3v) is 13.5. The number of nitrogens with zero attached hydrogens (tertiary/aromatic N) is 3. The van der Waals surface area contributed by atoms with Gasteiger partial charge in [-0.1, -0.05) is 49.9 Å². The fraction of sp³-hybridized carbons (Fsp3) is 0.489. The van der Waals surface area contributed by atoms with E-state index >= 15 is 0 Å². The van der Waals surface area contributed by atoms with Gasteiger partial charge in [-0.3, -0.25) is 39.0 Å². The number of nitrogens with one attached hydrogen (secondary N) is 2. The summed E-state index contributed by atoms with van der Waals surface area (Å²) in [5.41, 5.74) is 3.58. The molecule has 63 heavy (non-hydrogen) atoms. The number of hydrogen-bond donors (Lipinski definition) is 2. The Morgan fingerprint density at radius 2 is 1.60 bits per heavy atom. The van der Waals surface area contributed by atoms with Crippen LogP contribution in [-0.2, 0) is 30.8 Å². The summed E-state index contributed by atoms with van der Waals surface area (Å²) in [5.74, 6) is -1.73. The highest BCUT2D eigenvalue weighted by atomic mass is 32.2. The van der Waals surface area contributed by atoms with Gasteiger partial charge in [-0.2, -0.15) is 0 Å². The Balaban J connectivity index is 0.822. The maximum Gasteiger partial charge on any atom is 0.264 e. The third-order valence-electron chi connectivity index (χ3n) is 12.6.